The van der Waals surface area contributed by atoms with Gasteiger partial charge in [-0.2, -0.15) is 0 Å². The summed E-state index contributed by atoms with van der Waals surface area (Å²) in [5.74, 6) is 0.755. The smallest absolute Gasteiger partial charge is 0.244 e. The minimum Gasteiger partial charge on any atom is -0.347 e. The van der Waals surface area contributed by atoms with Crippen LogP contribution in [0.4, 0.5) is 0 Å². The number of amides is 2. The molecule has 1 aliphatic heterocycles. The van der Waals surface area contributed by atoms with Crippen molar-refractivity contribution in [1.82, 2.24) is 19.8 Å². The highest BCUT2D eigenvalue weighted by molar-refractivity contribution is 5.89. The molecule has 0 bridgehead atoms. The molecule has 25 heavy (non-hydrogen) atoms. The number of likely N-dealkylation sites (tertiary alicyclic amines) is 1. The number of hydrogen-bond acceptors (Lipinski definition) is 3. The first-order chi connectivity index (χ1) is 12.0. The lowest BCUT2D eigenvalue weighted by Gasteiger charge is -2.41. The van der Waals surface area contributed by atoms with E-state index in [9.17, 15) is 9.59 Å². The van der Waals surface area contributed by atoms with Crippen LogP contribution in [0.3, 0.4) is 0 Å². The molecule has 3 aliphatic rings. The van der Waals surface area contributed by atoms with Gasteiger partial charge >= 0.3 is 0 Å². The van der Waals surface area contributed by atoms with Crippen molar-refractivity contribution in [2.24, 2.45) is 13.0 Å². The third kappa shape index (κ3) is 3.34. The molecule has 134 valence electrons. The van der Waals surface area contributed by atoms with E-state index in [0.717, 1.165) is 18.5 Å². The minimum atomic E-state index is -0.125. The van der Waals surface area contributed by atoms with E-state index in [0.29, 0.717) is 24.8 Å². The molecule has 1 saturated heterocycles. The first-order valence-corrected chi connectivity index (χ1v) is 9.30. The highest BCUT2D eigenvalue weighted by Crippen LogP contribution is 2.40. The molecule has 0 aromatic carbocycles. The van der Waals surface area contributed by atoms with Crippen LogP contribution in [0, 0.1) is 5.92 Å². The van der Waals surface area contributed by atoms with Crippen molar-refractivity contribution in [1.29, 1.82) is 0 Å². The standard InChI is InChI=1S/C19H26N4O2/c1-12(13-3-4-13)9-17(24)21-15-7-8-18(25)23(14-5-6-14)19(15)16-10-20-11-22(16)2/h9-11,13-15,19H,3-8H2,1-2H3,(H,21,24)/b12-9+/t15-,19-/m1/s1. The lowest BCUT2D eigenvalue weighted by Crippen LogP contribution is -2.53. The maximum Gasteiger partial charge on any atom is 0.244 e. The molecule has 6 nitrogen and oxygen atoms in total. The lowest BCUT2D eigenvalue weighted by molar-refractivity contribution is -0.140. The Kier molecular flexibility index (Phi) is 4.13. The van der Waals surface area contributed by atoms with Crippen LogP contribution in [0.15, 0.2) is 24.2 Å². The number of carbonyl (C=O) groups is 2. The van der Waals surface area contributed by atoms with Crippen LogP contribution in [0.5, 0.6) is 0 Å². The van der Waals surface area contributed by atoms with Crippen LogP contribution >= 0.6 is 0 Å². The average Bonchev–Trinajstić information content (AvgIpc) is 3.47. The van der Waals surface area contributed by atoms with Gasteiger partial charge in [0, 0.05) is 25.6 Å². The number of nitrogens with one attached hydrogen (secondary N) is 1. The number of carbonyl (C=O) groups excluding carboxylic acids is 2. The average molecular weight is 342 g/mol. The van der Waals surface area contributed by atoms with E-state index in [1.807, 2.05) is 29.6 Å². The van der Waals surface area contributed by atoms with Crippen LogP contribution in [0.1, 0.15) is 57.2 Å². The van der Waals surface area contributed by atoms with Crippen molar-refractivity contribution in [2.75, 3.05) is 0 Å². The van der Waals surface area contributed by atoms with E-state index >= 15 is 0 Å². The number of hydrogen-bond donors (Lipinski definition) is 1. The first-order valence-electron chi connectivity index (χ1n) is 9.30. The van der Waals surface area contributed by atoms with E-state index in [2.05, 4.69) is 10.3 Å². The maximum atomic E-state index is 12.6. The highest BCUT2D eigenvalue weighted by atomic mass is 16.2. The summed E-state index contributed by atoms with van der Waals surface area (Å²) in [7, 11) is 1.95. The van der Waals surface area contributed by atoms with Crippen LogP contribution in [-0.4, -0.2) is 38.3 Å². The quantitative estimate of drug-likeness (QED) is 0.833. The molecule has 3 fully saturated rings. The summed E-state index contributed by atoms with van der Waals surface area (Å²) < 4.78 is 1.96. The summed E-state index contributed by atoms with van der Waals surface area (Å²) in [6, 6.07) is 0.125. The third-order valence-corrected chi connectivity index (χ3v) is 5.64. The number of allylic oxidation sites excluding steroid dienone is 1. The maximum absolute atomic E-state index is 12.6. The van der Waals surface area contributed by atoms with Crippen molar-refractivity contribution in [3.05, 3.63) is 29.9 Å². The van der Waals surface area contributed by atoms with E-state index < -0.39 is 0 Å². The number of aryl methyl sites for hydroxylation is 1. The number of rotatable bonds is 5. The summed E-state index contributed by atoms with van der Waals surface area (Å²) in [5.41, 5.74) is 2.16. The Hall–Kier alpha value is -2.11. The van der Waals surface area contributed by atoms with Gasteiger partial charge < -0.3 is 14.8 Å². The zero-order valence-corrected chi connectivity index (χ0v) is 14.9. The Morgan fingerprint density at radius 2 is 2.04 bits per heavy atom. The van der Waals surface area contributed by atoms with Gasteiger partial charge in [-0.15, -0.1) is 0 Å². The van der Waals surface area contributed by atoms with Crippen molar-refractivity contribution in [3.8, 4) is 0 Å². The van der Waals surface area contributed by atoms with Crippen molar-refractivity contribution >= 4 is 11.8 Å². The van der Waals surface area contributed by atoms with E-state index in [1.165, 1.54) is 18.4 Å². The second-order valence-electron chi connectivity index (χ2n) is 7.72. The molecule has 2 amide bonds. The molecule has 2 aliphatic carbocycles. The molecule has 0 radical (unpaired) electrons. The molecular formula is C19H26N4O2. The molecule has 0 unspecified atom stereocenters. The van der Waals surface area contributed by atoms with Gasteiger partial charge in [-0.1, -0.05) is 5.57 Å². The van der Waals surface area contributed by atoms with Gasteiger partial charge in [0.1, 0.15) is 0 Å². The van der Waals surface area contributed by atoms with Gasteiger partial charge in [0.2, 0.25) is 11.8 Å². The van der Waals surface area contributed by atoms with E-state index in [1.54, 1.807) is 12.4 Å². The minimum absolute atomic E-state index is 0.0355. The molecule has 1 aromatic heterocycles. The second kappa shape index (κ2) is 6.32. The highest BCUT2D eigenvalue weighted by Gasteiger charge is 2.45. The molecule has 1 aromatic rings. The number of piperidine rings is 1. The Labute approximate surface area is 148 Å². The Morgan fingerprint density at radius 3 is 2.64 bits per heavy atom. The molecule has 4 rings (SSSR count). The predicted molar refractivity (Wildman–Crippen MR) is 93.5 cm³/mol. The molecule has 6 heteroatoms. The number of nitrogens with zero attached hydrogens (tertiary/aromatic N) is 3. The zero-order chi connectivity index (χ0) is 17.6. The van der Waals surface area contributed by atoms with Gasteiger partial charge in [0.05, 0.1) is 30.3 Å². The fraction of sp³-hybridized carbons (Fsp3) is 0.632. The van der Waals surface area contributed by atoms with Gasteiger partial charge in [0.25, 0.3) is 0 Å². The van der Waals surface area contributed by atoms with Crippen LogP contribution in [-0.2, 0) is 16.6 Å². The normalized spacial score (nSPS) is 27.5. The van der Waals surface area contributed by atoms with Gasteiger partial charge in [-0.3, -0.25) is 9.59 Å². The summed E-state index contributed by atoms with van der Waals surface area (Å²) in [5, 5.41) is 3.18. The predicted octanol–water partition coefficient (Wildman–Crippen LogP) is 2.09. The summed E-state index contributed by atoms with van der Waals surface area (Å²) in [6.07, 6.45) is 11.0. The molecule has 2 saturated carbocycles. The van der Waals surface area contributed by atoms with Crippen LogP contribution in [0.25, 0.3) is 0 Å². The molecular weight excluding hydrogens is 316 g/mol. The number of aromatic nitrogens is 2. The fourth-order valence-electron chi connectivity index (χ4n) is 3.94. The SMILES string of the molecule is C/C(=C\C(=O)N[C@@H]1CCC(=O)N(C2CC2)[C@H]1c1cncn1C)C1CC1. The topological polar surface area (TPSA) is 67.2 Å². The largest absolute Gasteiger partial charge is 0.347 e. The first kappa shape index (κ1) is 16.4. The van der Waals surface area contributed by atoms with E-state index in [4.69, 9.17) is 0 Å². The molecule has 2 heterocycles. The summed E-state index contributed by atoms with van der Waals surface area (Å²) in [4.78, 5) is 31.3. The van der Waals surface area contributed by atoms with Gasteiger partial charge in [-0.05, 0) is 44.9 Å². The lowest BCUT2D eigenvalue weighted by atomic mass is 9.92. The second-order valence-corrected chi connectivity index (χ2v) is 7.72. The van der Waals surface area contributed by atoms with Gasteiger partial charge in [-0.25, -0.2) is 4.98 Å². The number of imidazole rings is 1. The fourth-order valence-corrected chi connectivity index (χ4v) is 3.94. The summed E-state index contributed by atoms with van der Waals surface area (Å²) >= 11 is 0. The molecule has 0 spiro atoms. The molecule has 2 atom stereocenters. The summed E-state index contributed by atoms with van der Waals surface area (Å²) in [6.45, 7) is 2.04. The third-order valence-electron chi connectivity index (χ3n) is 5.64. The van der Waals surface area contributed by atoms with Crippen molar-refractivity contribution in [3.63, 3.8) is 0 Å². The van der Waals surface area contributed by atoms with Crippen LogP contribution < -0.4 is 5.32 Å². The van der Waals surface area contributed by atoms with Crippen molar-refractivity contribution < 1.29 is 9.59 Å². The van der Waals surface area contributed by atoms with Crippen molar-refractivity contribution in [2.45, 2.75) is 63.6 Å². The van der Waals surface area contributed by atoms with Crippen LogP contribution in [0.2, 0.25) is 0 Å². The Bertz CT molecular complexity index is 715. The zero-order valence-electron chi connectivity index (χ0n) is 14.9. The molecule has 1 N–H and O–H groups in total. The Balaban J connectivity index is 1.58. The monoisotopic (exact) mass is 342 g/mol. The Morgan fingerprint density at radius 1 is 1.28 bits per heavy atom. The van der Waals surface area contributed by atoms with E-state index in [-0.39, 0.29) is 23.9 Å². The van der Waals surface area contributed by atoms with Gasteiger partial charge in [0.15, 0.2) is 0 Å².